The van der Waals surface area contributed by atoms with Gasteiger partial charge >= 0.3 is 0 Å². The minimum absolute atomic E-state index is 0.141. The van der Waals surface area contributed by atoms with Crippen molar-refractivity contribution in [2.45, 2.75) is 45.6 Å². The van der Waals surface area contributed by atoms with Crippen LogP contribution in [-0.2, 0) is 12.8 Å². The van der Waals surface area contributed by atoms with Gasteiger partial charge in [0, 0.05) is 17.3 Å². The van der Waals surface area contributed by atoms with Crippen LogP contribution in [0, 0.1) is 0 Å². The van der Waals surface area contributed by atoms with E-state index in [0.29, 0.717) is 0 Å². The highest BCUT2D eigenvalue weighted by molar-refractivity contribution is 7.09. The molecule has 74 valence electrons. The second kappa shape index (κ2) is 4.20. The van der Waals surface area contributed by atoms with Crippen LogP contribution >= 0.6 is 11.3 Å². The van der Waals surface area contributed by atoms with Crippen LogP contribution in [0.5, 0.6) is 0 Å². The maximum Gasteiger partial charge on any atom is 0.0928 e. The molecule has 3 heteroatoms. The quantitative estimate of drug-likeness (QED) is 0.806. The number of nitrogens with two attached hydrogens (primary N) is 1. The summed E-state index contributed by atoms with van der Waals surface area (Å²) in [5.41, 5.74) is 6.91. The number of aromatic nitrogens is 1. The van der Waals surface area contributed by atoms with Crippen molar-refractivity contribution in [3.8, 4) is 0 Å². The second-order valence-electron chi connectivity index (χ2n) is 4.15. The predicted molar refractivity (Wildman–Crippen MR) is 58.1 cm³/mol. The van der Waals surface area contributed by atoms with Gasteiger partial charge in [0.1, 0.15) is 0 Å². The molecule has 0 aromatic carbocycles. The molecule has 0 saturated carbocycles. The average molecular weight is 198 g/mol. The zero-order chi connectivity index (χ0) is 9.90. The number of hydrogen-bond donors (Lipinski definition) is 1. The summed E-state index contributed by atoms with van der Waals surface area (Å²) in [5, 5.41) is 3.36. The molecule has 0 aliphatic heterocycles. The Morgan fingerprint density at radius 1 is 1.54 bits per heavy atom. The van der Waals surface area contributed by atoms with E-state index in [9.17, 15) is 0 Å². The highest BCUT2D eigenvalue weighted by Crippen LogP contribution is 2.15. The highest BCUT2D eigenvalue weighted by atomic mass is 32.1. The number of aryl methyl sites for hydroxylation is 1. The van der Waals surface area contributed by atoms with E-state index in [1.165, 1.54) is 11.4 Å². The van der Waals surface area contributed by atoms with Crippen molar-refractivity contribution >= 4 is 11.3 Å². The molecule has 0 spiro atoms. The van der Waals surface area contributed by atoms with Crippen molar-refractivity contribution in [3.05, 3.63) is 16.1 Å². The molecule has 0 aliphatic carbocycles. The van der Waals surface area contributed by atoms with Crippen LogP contribution in [0.4, 0.5) is 0 Å². The Morgan fingerprint density at radius 2 is 2.23 bits per heavy atom. The maximum atomic E-state index is 5.92. The molecule has 2 nitrogen and oxygen atoms in total. The standard InChI is InChI=1S/C10H18N2S/c1-4-5-9-12-8(7-13-9)6-10(2,3)11/h7H,4-6,11H2,1-3H3. The molecule has 1 heterocycles. The maximum absolute atomic E-state index is 5.92. The highest BCUT2D eigenvalue weighted by Gasteiger charge is 2.13. The second-order valence-corrected chi connectivity index (χ2v) is 5.09. The van der Waals surface area contributed by atoms with E-state index in [4.69, 9.17) is 5.73 Å². The van der Waals surface area contributed by atoms with Crippen molar-refractivity contribution in [3.63, 3.8) is 0 Å². The van der Waals surface area contributed by atoms with Crippen LogP contribution in [0.3, 0.4) is 0 Å². The summed E-state index contributed by atoms with van der Waals surface area (Å²) in [4.78, 5) is 4.52. The lowest BCUT2D eigenvalue weighted by atomic mass is 10.0. The van der Waals surface area contributed by atoms with Gasteiger partial charge in [0.25, 0.3) is 0 Å². The molecular weight excluding hydrogens is 180 g/mol. The fraction of sp³-hybridized carbons (Fsp3) is 0.700. The number of rotatable bonds is 4. The topological polar surface area (TPSA) is 38.9 Å². The lowest BCUT2D eigenvalue weighted by molar-refractivity contribution is 0.511. The van der Waals surface area contributed by atoms with E-state index in [0.717, 1.165) is 18.5 Å². The summed E-state index contributed by atoms with van der Waals surface area (Å²) in [6, 6.07) is 0. The number of hydrogen-bond acceptors (Lipinski definition) is 3. The van der Waals surface area contributed by atoms with Crippen molar-refractivity contribution in [1.82, 2.24) is 4.98 Å². The van der Waals surface area contributed by atoms with Crippen LogP contribution in [0.15, 0.2) is 5.38 Å². The fourth-order valence-electron chi connectivity index (χ4n) is 1.23. The average Bonchev–Trinajstić information content (AvgIpc) is 2.33. The van der Waals surface area contributed by atoms with Crippen molar-refractivity contribution in [1.29, 1.82) is 0 Å². The van der Waals surface area contributed by atoms with Gasteiger partial charge in [-0.1, -0.05) is 6.92 Å². The Bertz CT molecular complexity index is 260. The molecule has 13 heavy (non-hydrogen) atoms. The third-order valence-electron chi connectivity index (χ3n) is 1.70. The van der Waals surface area contributed by atoms with Crippen molar-refractivity contribution in [2.24, 2.45) is 5.73 Å². The first-order valence-corrected chi connectivity index (χ1v) is 5.61. The summed E-state index contributed by atoms with van der Waals surface area (Å²) in [5.74, 6) is 0. The molecule has 0 unspecified atom stereocenters. The van der Waals surface area contributed by atoms with Gasteiger partial charge in [0.15, 0.2) is 0 Å². The largest absolute Gasteiger partial charge is 0.325 e. The van der Waals surface area contributed by atoms with Crippen LogP contribution in [0.1, 0.15) is 37.9 Å². The minimum atomic E-state index is -0.141. The van der Waals surface area contributed by atoms with E-state index in [-0.39, 0.29) is 5.54 Å². The van der Waals surface area contributed by atoms with Crippen molar-refractivity contribution in [2.75, 3.05) is 0 Å². The smallest absolute Gasteiger partial charge is 0.0928 e. The summed E-state index contributed by atoms with van der Waals surface area (Å²) in [7, 11) is 0. The van der Waals surface area contributed by atoms with Crippen LogP contribution in [0.2, 0.25) is 0 Å². The van der Waals surface area contributed by atoms with E-state index in [1.54, 1.807) is 11.3 Å². The molecule has 0 amide bonds. The fourth-order valence-corrected chi connectivity index (χ4v) is 2.13. The number of nitrogens with zero attached hydrogens (tertiary/aromatic N) is 1. The molecule has 0 bridgehead atoms. The van der Waals surface area contributed by atoms with Gasteiger partial charge in [0.2, 0.25) is 0 Å². The van der Waals surface area contributed by atoms with Gasteiger partial charge in [-0.15, -0.1) is 11.3 Å². The van der Waals surface area contributed by atoms with E-state index in [2.05, 4.69) is 17.3 Å². The normalized spacial score (nSPS) is 12.0. The predicted octanol–water partition coefficient (Wildman–Crippen LogP) is 2.38. The summed E-state index contributed by atoms with van der Waals surface area (Å²) in [6.45, 7) is 6.24. The van der Waals surface area contributed by atoms with E-state index >= 15 is 0 Å². The van der Waals surface area contributed by atoms with Crippen LogP contribution in [-0.4, -0.2) is 10.5 Å². The third kappa shape index (κ3) is 3.87. The Labute approximate surface area is 84.2 Å². The van der Waals surface area contributed by atoms with Crippen LogP contribution in [0.25, 0.3) is 0 Å². The molecule has 2 N–H and O–H groups in total. The molecule has 0 fully saturated rings. The zero-order valence-corrected chi connectivity index (χ0v) is 9.45. The lowest BCUT2D eigenvalue weighted by Crippen LogP contribution is -2.34. The molecule has 0 atom stereocenters. The van der Waals surface area contributed by atoms with Gasteiger partial charge in [-0.3, -0.25) is 0 Å². The van der Waals surface area contributed by atoms with Crippen LogP contribution < -0.4 is 5.73 Å². The van der Waals surface area contributed by atoms with Gasteiger partial charge in [-0.2, -0.15) is 0 Å². The summed E-state index contributed by atoms with van der Waals surface area (Å²) >= 11 is 1.75. The Kier molecular flexibility index (Phi) is 3.45. The van der Waals surface area contributed by atoms with Gasteiger partial charge in [0.05, 0.1) is 10.7 Å². The Morgan fingerprint density at radius 3 is 2.77 bits per heavy atom. The lowest BCUT2D eigenvalue weighted by Gasteiger charge is -2.15. The first-order chi connectivity index (χ1) is 6.01. The molecule has 1 rings (SSSR count). The Balaban J connectivity index is 2.59. The van der Waals surface area contributed by atoms with Gasteiger partial charge < -0.3 is 5.73 Å². The van der Waals surface area contributed by atoms with E-state index < -0.39 is 0 Å². The first kappa shape index (κ1) is 10.7. The van der Waals surface area contributed by atoms with E-state index in [1.807, 2.05) is 13.8 Å². The molecule has 0 aliphatic rings. The molecule has 1 aromatic heterocycles. The molecule has 0 radical (unpaired) electrons. The zero-order valence-electron chi connectivity index (χ0n) is 8.63. The number of thiazole rings is 1. The monoisotopic (exact) mass is 198 g/mol. The summed E-state index contributed by atoms with van der Waals surface area (Å²) in [6.07, 6.45) is 3.13. The van der Waals surface area contributed by atoms with Gasteiger partial charge in [-0.05, 0) is 26.7 Å². The minimum Gasteiger partial charge on any atom is -0.325 e. The first-order valence-electron chi connectivity index (χ1n) is 4.73. The van der Waals surface area contributed by atoms with Crippen molar-refractivity contribution < 1.29 is 0 Å². The van der Waals surface area contributed by atoms with Gasteiger partial charge in [-0.25, -0.2) is 4.98 Å². The third-order valence-corrected chi connectivity index (χ3v) is 2.66. The SMILES string of the molecule is CCCc1nc(CC(C)(C)N)cs1. The molecular formula is C10H18N2S. The Hall–Kier alpha value is -0.410. The molecule has 1 aromatic rings. The molecule has 0 saturated heterocycles. The summed E-state index contributed by atoms with van der Waals surface area (Å²) < 4.78 is 0.